The third-order valence-corrected chi connectivity index (χ3v) is 1.60. The maximum absolute atomic E-state index is 3.01. The van der Waals surface area contributed by atoms with Crippen LogP contribution in [0.15, 0.2) is 24.3 Å². The smallest absolute Gasteiger partial charge is 0.0282 e. The normalized spacial score (nSPS) is 8.20. The van der Waals surface area contributed by atoms with E-state index in [-0.39, 0.29) is 0 Å². The van der Waals surface area contributed by atoms with Crippen LogP contribution < -0.4 is 0 Å². The van der Waals surface area contributed by atoms with Gasteiger partial charge in [0.1, 0.15) is 0 Å². The van der Waals surface area contributed by atoms with E-state index in [0.29, 0.717) is 0 Å². The van der Waals surface area contributed by atoms with Gasteiger partial charge in [0.2, 0.25) is 0 Å². The van der Waals surface area contributed by atoms with Crippen LogP contribution in [0.25, 0.3) is 0 Å². The molecule has 50 valence electrons. The summed E-state index contributed by atoms with van der Waals surface area (Å²) in [7, 11) is 0. The van der Waals surface area contributed by atoms with Gasteiger partial charge in [0.25, 0.3) is 0 Å². The fourth-order valence-electron chi connectivity index (χ4n) is 0.764. The van der Waals surface area contributed by atoms with E-state index in [4.69, 9.17) is 0 Å². The molecule has 0 saturated heterocycles. The zero-order valence-corrected chi connectivity index (χ0v) is 7.84. The molecule has 1 heteroatoms. The Hall–Kier alpha value is -0.490. The molecule has 1 aromatic rings. The summed E-state index contributed by atoms with van der Waals surface area (Å²) in [6.07, 6.45) is 0. The second kappa shape index (κ2) is 3.62. The van der Waals surface area contributed by atoms with Crippen LogP contribution >= 0.6 is 22.6 Å². The molecule has 1 rings (SSSR count). The largest absolute Gasteiger partial charge is 0.0619 e. The van der Waals surface area contributed by atoms with E-state index in [1.807, 2.05) is 40.8 Å². The Labute approximate surface area is 74.8 Å². The average molecular weight is 242 g/mol. The summed E-state index contributed by atoms with van der Waals surface area (Å²) >= 11 is 2.05. The van der Waals surface area contributed by atoms with E-state index < -0.39 is 0 Å². The molecule has 0 atom stereocenters. The van der Waals surface area contributed by atoms with Crippen molar-refractivity contribution in [2.75, 3.05) is 0 Å². The van der Waals surface area contributed by atoms with Crippen LogP contribution in [0.5, 0.6) is 0 Å². The molecule has 0 nitrogen and oxygen atoms in total. The molecule has 0 aliphatic carbocycles. The van der Waals surface area contributed by atoms with E-state index >= 15 is 0 Å². The quantitative estimate of drug-likeness (QED) is 0.484. The van der Waals surface area contributed by atoms with Crippen molar-refractivity contribution in [1.82, 2.24) is 0 Å². The number of hydrogen-bond donors (Lipinski definition) is 0. The molecular weight excluding hydrogens is 235 g/mol. The lowest BCUT2D eigenvalue weighted by Gasteiger charge is -1.93. The molecule has 0 fully saturated rings. The van der Waals surface area contributed by atoms with E-state index in [1.54, 1.807) is 0 Å². The predicted octanol–water partition coefficient (Wildman–Crippen LogP) is 2.74. The molecule has 0 N–H and O–H groups in total. The Kier molecular flexibility index (Phi) is 2.76. The van der Waals surface area contributed by atoms with Crippen molar-refractivity contribution >= 4 is 22.6 Å². The van der Waals surface area contributed by atoms with Crippen LogP contribution in [-0.4, -0.2) is 0 Å². The van der Waals surface area contributed by atoms with Gasteiger partial charge < -0.3 is 0 Å². The Morgan fingerprint density at radius 3 is 2.60 bits per heavy atom. The predicted molar refractivity (Wildman–Crippen MR) is 52.1 cm³/mol. The van der Waals surface area contributed by atoms with Crippen LogP contribution in [0.1, 0.15) is 11.1 Å². The van der Waals surface area contributed by atoms with Crippen LogP contribution in [0.4, 0.5) is 0 Å². The molecule has 0 saturated carbocycles. The summed E-state index contributed by atoms with van der Waals surface area (Å²) in [5.74, 6) is 3.01. The molecule has 0 radical (unpaired) electrons. The highest BCUT2D eigenvalue weighted by atomic mass is 127. The minimum atomic E-state index is 1.12. The SMILES string of the molecule is Cc1ccccc1C#CI. The highest BCUT2D eigenvalue weighted by Gasteiger charge is 1.88. The maximum atomic E-state index is 3.01. The van der Waals surface area contributed by atoms with E-state index in [1.165, 1.54) is 5.56 Å². The molecule has 10 heavy (non-hydrogen) atoms. The van der Waals surface area contributed by atoms with Gasteiger partial charge in [-0.2, -0.15) is 0 Å². The minimum Gasteiger partial charge on any atom is -0.0619 e. The molecule has 0 spiro atoms. The zero-order chi connectivity index (χ0) is 7.40. The van der Waals surface area contributed by atoms with E-state index in [2.05, 4.69) is 22.8 Å². The number of benzene rings is 1. The first-order valence-electron chi connectivity index (χ1n) is 3.02. The van der Waals surface area contributed by atoms with Crippen LogP contribution in [-0.2, 0) is 0 Å². The van der Waals surface area contributed by atoms with Gasteiger partial charge >= 0.3 is 0 Å². The summed E-state index contributed by atoms with van der Waals surface area (Å²) in [6.45, 7) is 2.07. The molecule has 0 heterocycles. The summed E-state index contributed by atoms with van der Waals surface area (Å²) in [6, 6.07) is 8.12. The Bertz CT molecular complexity index is 278. The lowest BCUT2D eigenvalue weighted by molar-refractivity contribution is 1.44. The molecular formula is C9H7I. The molecule has 0 aliphatic rings. The summed E-state index contributed by atoms with van der Waals surface area (Å²) in [5, 5.41) is 0. The molecule has 0 amide bonds. The fraction of sp³-hybridized carbons (Fsp3) is 0.111. The Balaban J connectivity index is 3.11. The first-order chi connectivity index (χ1) is 4.84. The van der Waals surface area contributed by atoms with Gasteiger partial charge in [-0.3, -0.25) is 0 Å². The highest BCUT2D eigenvalue weighted by molar-refractivity contribution is 14.1. The number of rotatable bonds is 0. The monoisotopic (exact) mass is 242 g/mol. The van der Waals surface area contributed by atoms with Crippen LogP contribution in [0.2, 0.25) is 0 Å². The van der Waals surface area contributed by atoms with Crippen LogP contribution in [0.3, 0.4) is 0 Å². The van der Waals surface area contributed by atoms with Gasteiger partial charge in [-0.15, -0.1) is 0 Å². The van der Waals surface area contributed by atoms with Crippen LogP contribution in [0, 0.1) is 16.8 Å². The van der Waals surface area contributed by atoms with Gasteiger partial charge in [0, 0.05) is 28.2 Å². The van der Waals surface area contributed by atoms with Crippen molar-refractivity contribution in [3.63, 3.8) is 0 Å². The lowest BCUT2D eigenvalue weighted by Crippen LogP contribution is -1.77. The standard InChI is InChI=1S/C9H7I/c1-8-4-2-3-5-9(8)6-7-10/h2-5H,1H3. The van der Waals surface area contributed by atoms with Crippen molar-refractivity contribution in [3.05, 3.63) is 35.4 Å². The topological polar surface area (TPSA) is 0 Å². The molecule has 0 aromatic heterocycles. The first kappa shape index (κ1) is 7.62. The lowest BCUT2D eigenvalue weighted by atomic mass is 10.1. The minimum absolute atomic E-state index is 1.12. The summed E-state index contributed by atoms with van der Waals surface area (Å²) in [5.41, 5.74) is 2.36. The van der Waals surface area contributed by atoms with Crippen molar-refractivity contribution in [2.45, 2.75) is 6.92 Å². The fourth-order valence-corrected chi connectivity index (χ4v) is 1.05. The second-order valence-corrected chi connectivity index (χ2v) is 2.57. The third kappa shape index (κ3) is 1.74. The Morgan fingerprint density at radius 2 is 2.00 bits per heavy atom. The summed E-state index contributed by atoms with van der Waals surface area (Å²) < 4.78 is 2.84. The van der Waals surface area contributed by atoms with Crippen molar-refractivity contribution < 1.29 is 0 Å². The Morgan fingerprint density at radius 1 is 1.30 bits per heavy atom. The van der Waals surface area contributed by atoms with Gasteiger partial charge in [0.15, 0.2) is 0 Å². The van der Waals surface area contributed by atoms with Crippen molar-refractivity contribution in [1.29, 1.82) is 0 Å². The maximum Gasteiger partial charge on any atom is 0.0282 e. The number of halogens is 1. The summed E-state index contributed by atoms with van der Waals surface area (Å²) in [4.78, 5) is 0. The zero-order valence-electron chi connectivity index (χ0n) is 5.69. The first-order valence-corrected chi connectivity index (χ1v) is 4.10. The average Bonchev–Trinajstić information content (AvgIpc) is 1.94. The molecule has 0 bridgehead atoms. The van der Waals surface area contributed by atoms with E-state index in [0.717, 1.165) is 5.56 Å². The van der Waals surface area contributed by atoms with Gasteiger partial charge in [0.05, 0.1) is 0 Å². The number of aryl methyl sites for hydroxylation is 1. The highest BCUT2D eigenvalue weighted by Crippen LogP contribution is 2.04. The molecule has 0 aliphatic heterocycles. The molecule has 1 aromatic carbocycles. The number of hydrogen-bond acceptors (Lipinski definition) is 0. The molecule has 0 unspecified atom stereocenters. The van der Waals surface area contributed by atoms with Crippen molar-refractivity contribution in [2.24, 2.45) is 0 Å². The van der Waals surface area contributed by atoms with Crippen molar-refractivity contribution in [3.8, 4) is 9.85 Å². The van der Waals surface area contributed by atoms with E-state index in [9.17, 15) is 0 Å². The van der Waals surface area contributed by atoms with Gasteiger partial charge in [-0.05, 0) is 22.5 Å². The van der Waals surface area contributed by atoms with Gasteiger partial charge in [-0.1, -0.05) is 24.1 Å². The second-order valence-electron chi connectivity index (χ2n) is 2.03. The third-order valence-electron chi connectivity index (χ3n) is 1.33. The van der Waals surface area contributed by atoms with Gasteiger partial charge in [-0.25, -0.2) is 0 Å².